The third-order valence-electron chi connectivity index (χ3n) is 5.30. The molecular weight excluding hydrogens is 288 g/mol. The number of carbonyl (C=O) groups is 1. The molecule has 124 valence electrons. The Hall–Kier alpha value is -1.81. The molecule has 23 heavy (non-hydrogen) atoms. The molecule has 4 nitrogen and oxygen atoms in total. The topological polar surface area (TPSA) is 54.1 Å². The number of carbonyl (C=O) groups excluding carboxylic acids is 1. The van der Waals surface area contributed by atoms with Crippen molar-refractivity contribution in [3.8, 4) is 0 Å². The summed E-state index contributed by atoms with van der Waals surface area (Å²) in [4.78, 5) is 16.1. The van der Waals surface area contributed by atoms with E-state index in [1.807, 2.05) is 0 Å². The molecule has 4 heteroatoms. The molecule has 1 aromatic carbocycles. The minimum atomic E-state index is -0.306. The zero-order valence-corrected chi connectivity index (χ0v) is 14.5. The Morgan fingerprint density at radius 1 is 1.30 bits per heavy atom. The fourth-order valence-electron chi connectivity index (χ4n) is 3.61. The fraction of sp³-hybridized carbons (Fsp3) is 0.526. The number of amides is 1. The SMILES string of the molecule is COCC1(C(=O)NCc2cc(C)cc3c(C)c(C)[nH]c23)CCC1. The normalized spacial score (nSPS) is 16.3. The van der Waals surface area contributed by atoms with Gasteiger partial charge in [-0.25, -0.2) is 0 Å². The number of fused-ring (bicyclic) bond motifs is 1. The van der Waals surface area contributed by atoms with Gasteiger partial charge in [-0.15, -0.1) is 0 Å². The van der Waals surface area contributed by atoms with Gasteiger partial charge in [0.2, 0.25) is 5.91 Å². The minimum absolute atomic E-state index is 0.125. The molecule has 0 aliphatic heterocycles. The van der Waals surface area contributed by atoms with Crippen molar-refractivity contribution < 1.29 is 9.53 Å². The van der Waals surface area contributed by atoms with Crippen molar-refractivity contribution in [3.63, 3.8) is 0 Å². The Balaban J connectivity index is 1.82. The Morgan fingerprint density at radius 3 is 2.65 bits per heavy atom. The van der Waals surface area contributed by atoms with Gasteiger partial charge in [-0.3, -0.25) is 4.79 Å². The summed E-state index contributed by atoms with van der Waals surface area (Å²) in [6, 6.07) is 4.36. The van der Waals surface area contributed by atoms with Crippen LogP contribution in [0.2, 0.25) is 0 Å². The number of ether oxygens (including phenoxy) is 1. The molecule has 0 unspecified atom stereocenters. The molecule has 0 saturated heterocycles. The highest BCUT2D eigenvalue weighted by molar-refractivity contribution is 5.89. The first kappa shape index (κ1) is 16.1. The largest absolute Gasteiger partial charge is 0.384 e. The summed E-state index contributed by atoms with van der Waals surface area (Å²) in [7, 11) is 1.67. The number of rotatable bonds is 5. The summed E-state index contributed by atoms with van der Waals surface area (Å²) < 4.78 is 5.26. The van der Waals surface area contributed by atoms with Crippen LogP contribution in [0, 0.1) is 26.2 Å². The molecule has 0 spiro atoms. The average Bonchev–Trinajstić information content (AvgIpc) is 2.76. The van der Waals surface area contributed by atoms with Crippen LogP contribution in [0.5, 0.6) is 0 Å². The number of nitrogens with one attached hydrogen (secondary N) is 2. The maximum absolute atomic E-state index is 12.6. The Bertz CT molecular complexity index is 741. The number of benzene rings is 1. The Labute approximate surface area is 137 Å². The molecule has 1 fully saturated rings. The van der Waals surface area contributed by atoms with E-state index in [2.05, 4.69) is 43.2 Å². The molecule has 2 aromatic rings. The van der Waals surface area contributed by atoms with Gasteiger partial charge < -0.3 is 15.0 Å². The lowest BCUT2D eigenvalue weighted by molar-refractivity contribution is -0.140. The molecule has 1 saturated carbocycles. The minimum Gasteiger partial charge on any atom is -0.384 e. The highest BCUT2D eigenvalue weighted by atomic mass is 16.5. The lowest BCUT2D eigenvalue weighted by atomic mass is 9.68. The van der Waals surface area contributed by atoms with Crippen LogP contribution in [0.3, 0.4) is 0 Å². The molecule has 3 rings (SSSR count). The van der Waals surface area contributed by atoms with Crippen LogP contribution in [-0.2, 0) is 16.1 Å². The monoisotopic (exact) mass is 314 g/mol. The fourth-order valence-corrected chi connectivity index (χ4v) is 3.61. The van der Waals surface area contributed by atoms with E-state index in [0.29, 0.717) is 13.2 Å². The molecule has 1 aromatic heterocycles. The smallest absolute Gasteiger partial charge is 0.228 e. The summed E-state index contributed by atoms with van der Waals surface area (Å²) in [6.45, 7) is 7.41. The quantitative estimate of drug-likeness (QED) is 0.887. The molecule has 0 bridgehead atoms. The number of methoxy groups -OCH3 is 1. The first-order chi connectivity index (χ1) is 11.0. The lowest BCUT2D eigenvalue weighted by Crippen LogP contribution is -2.48. The van der Waals surface area contributed by atoms with Gasteiger partial charge in [-0.1, -0.05) is 18.1 Å². The molecule has 0 radical (unpaired) electrons. The predicted molar refractivity (Wildman–Crippen MR) is 92.5 cm³/mol. The molecule has 1 aliphatic carbocycles. The van der Waals surface area contributed by atoms with Crippen molar-refractivity contribution in [1.29, 1.82) is 0 Å². The third-order valence-corrected chi connectivity index (χ3v) is 5.30. The number of aromatic amines is 1. The van der Waals surface area contributed by atoms with Gasteiger partial charge >= 0.3 is 0 Å². The maximum atomic E-state index is 12.6. The van der Waals surface area contributed by atoms with E-state index in [1.165, 1.54) is 22.2 Å². The van der Waals surface area contributed by atoms with E-state index in [0.717, 1.165) is 30.3 Å². The van der Waals surface area contributed by atoms with E-state index >= 15 is 0 Å². The van der Waals surface area contributed by atoms with Crippen LogP contribution in [-0.4, -0.2) is 24.6 Å². The first-order valence-corrected chi connectivity index (χ1v) is 8.32. The van der Waals surface area contributed by atoms with Crippen molar-refractivity contribution in [1.82, 2.24) is 10.3 Å². The molecule has 1 heterocycles. The summed E-state index contributed by atoms with van der Waals surface area (Å²) in [6.07, 6.45) is 2.97. The molecule has 0 atom stereocenters. The lowest BCUT2D eigenvalue weighted by Gasteiger charge is -2.39. The summed E-state index contributed by atoms with van der Waals surface area (Å²) in [5, 5.41) is 4.39. The van der Waals surface area contributed by atoms with Crippen LogP contribution >= 0.6 is 0 Å². The number of hydrogen-bond acceptors (Lipinski definition) is 2. The van der Waals surface area contributed by atoms with Gasteiger partial charge in [0.15, 0.2) is 0 Å². The van der Waals surface area contributed by atoms with Gasteiger partial charge in [0.1, 0.15) is 0 Å². The van der Waals surface area contributed by atoms with Crippen LogP contribution in [0.1, 0.15) is 41.6 Å². The van der Waals surface area contributed by atoms with E-state index < -0.39 is 0 Å². The predicted octanol–water partition coefficient (Wildman–Crippen LogP) is 3.53. The molecule has 1 aliphatic rings. The van der Waals surface area contributed by atoms with E-state index in [4.69, 9.17) is 4.74 Å². The van der Waals surface area contributed by atoms with Crippen molar-refractivity contribution >= 4 is 16.8 Å². The second-order valence-electron chi connectivity index (χ2n) is 6.97. The van der Waals surface area contributed by atoms with Gasteiger partial charge in [0.05, 0.1) is 17.5 Å². The molecule has 2 N–H and O–H groups in total. The zero-order chi connectivity index (χ0) is 16.6. The van der Waals surface area contributed by atoms with Crippen molar-refractivity contribution in [2.45, 2.75) is 46.6 Å². The van der Waals surface area contributed by atoms with E-state index in [9.17, 15) is 4.79 Å². The van der Waals surface area contributed by atoms with Gasteiger partial charge in [0, 0.05) is 24.7 Å². The van der Waals surface area contributed by atoms with Crippen molar-refractivity contribution in [3.05, 3.63) is 34.5 Å². The summed E-state index contributed by atoms with van der Waals surface area (Å²) >= 11 is 0. The second kappa shape index (κ2) is 6.00. The molecule has 1 amide bonds. The van der Waals surface area contributed by atoms with E-state index in [1.54, 1.807) is 7.11 Å². The number of H-pyrrole nitrogens is 1. The van der Waals surface area contributed by atoms with Crippen LogP contribution in [0.25, 0.3) is 10.9 Å². The van der Waals surface area contributed by atoms with E-state index in [-0.39, 0.29) is 11.3 Å². The standard InChI is InChI=1S/C19H26N2O2/c1-12-8-15(17-16(9-12)13(2)14(3)21-17)10-20-18(22)19(11-23-4)6-5-7-19/h8-9,21H,5-7,10-11H2,1-4H3,(H,20,22). The Kier molecular flexibility index (Phi) is 4.19. The Morgan fingerprint density at radius 2 is 2.04 bits per heavy atom. The highest BCUT2D eigenvalue weighted by Gasteiger charge is 2.44. The first-order valence-electron chi connectivity index (χ1n) is 8.32. The maximum Gasteiger partial charge on any atom is 0.228 e. The van der Waals surface area contributed by atoms with Crippen LogP contribution in [0.4, 0.5) is 0 Å². The zero-order valence-electron chi connectivity index (χ0n) is 14.5. The molecular formula is C19H26N2O2. The van der Waals surface area contributed by atoms with Gasteiger partial charge in [-0.2, -0.15) is 0 Å². The number of hydrogen-bond donors (Lipinski definition) is 2. The number of aromatic nitrogens is 1. The van der Waals surface area contributed by atoms with Crippen LogP contribution < -0.4 is 5.32 Å². The van der Waals surface area contributed by atoms with Crippen molar-refractivity contribution in [2.24, 2.45) is 5.41 Å². The van der Waals surface area contributed by atoms with Gasteiger partial charge in [0.25, 0.3) is 0 Å². The summed E-state index contributed by atoms with van der Waals surface area (Å²) in [5.41, 5.74) is 5.68. The van der Waals surface area contributed by atoms with Crippen molar-refractivity contribution in [2.75, 3.05) is 13.7 Å². The highest BCUT2D eigenvalue weighted by Crippen LogP contribution is 2.41. The number of aryl methyl sites for hydroxylation is 3. The van der Waals surface area contributed by atoms with Gasteiger partial charge in [-0.05, 0) is 50.8 Å². The van der Waals surface area contributed by atoms with Crippen LogP contribution in [0.15, 0.2) is 12.1 Å². The second-order valence-corrected chi connectivity index (χ2v) is 6.97. The summed E-state index contributed by atoms with van der Waals surface area (Å²) in [5.74, 6) is 0.125. The average molecular weight is 314 g/mol. The third kappa shape index (κ3) is 2.76.